The first-order chi connectivity index (χ1) is 8.49. The Morgan fingerprint density at radius 2 is 2.22 bits per heavy atom. The molecule has 1 aromatic carbocycles. The van der Waals surface area contributed by atoms with Gasteiger partial charge in [0, 0.05) is 14.1 Å². The van der Waals surface area contributed by atoms with E-state index in [1.54, 1.807) is 26.2 Å². The van der Waals surface area contributed by atoms with Crippen molar-refractivity contribution < 1.29 is 14.6 Å². The van der Waals surface area contributed by atoms with Crippen molar-refractivity contribution in [3.63, 3.8) is 0 Å². The summed E-state index contributed by atoms with van der Waals surface area (Å²) in [5.74, 6) is -0.589. The number of ether oxygens (including phenoxy) is 1. The number of aromatic hydroxyl groups is 1. The molecular formula is C13H16N2O3. The van der Waals surface area contributed by atoms with Crippen molar-refractivity contribution in [1.82, 2.24) is 4.90 Å². The van der Waals surface area contributed by atoms with Crippen LogP contribution < -0.4 is 4.74 Å². The summed E-state index contributed by atoms with van der Waals surface area (Å²) in [6.07, 6.45) is 0.296. The molecule has 1 unspecified atom stereocenters. The molecule has 5 heteroatoms. The number of phenols is 1. The molecule has 0 aromatic heterocycles. The summed E-state index contributed by atoms with van der Waals surface area (Å²) in [7, 11) is 4.68. The number of amides is 1. The Hall–Kier alpha value is -2.22. The number of phenolic OH excluding ortho intramolecular Hbond substituents is 1. The van der Waals surface area contributed by atoms with E-state index in [0.717, 1.165) is 5.56 Å². The van der Waals surface area contributed by atoms with Crippen molar-refractivity contribution in [3.8, 4) is 17.6 Å². The van der Waals surface area contributed by atoms with Gasteiger partial charge < -0.3 is 14.7 Å². The van der Waals surface area contributed by atoms with Crippen molar-refractivity contribution in [2.45, 2.75) is 6.42 Å². The van der Waals surface area contributed by atoms with E-state index in [0.29, 0.717) is 12.2 Å². The fourth-order valence-corrected chi connectivity index (χ4v) is 1.58. The first-order valence-electron chi connectivity index (χ1n) is 5.46. The van der Waals surface area contributed by atoms with Crippen LogP contribution in [0.5, 0.6) is 11.5 Å². The zero-order valence-corrected chi connectivity index (χ0v) is 10.7. The summed E-state index contributed by atoms with van der Waals surface area (Å²) in [5, 5.41) is 18.5. The van der Waals surface area contributed by atoms with Crippen LogP contribution in [0.1, 0.15) is 5.56 Å². The van der Waals surface area contributed by atoms with Crippen LogP contribution in [0.15, 0.2) is 18.2 Å². The molecule has 1 rings (SSSR count). The third-order valence-corrected chi connectivity index (χ3v) is 2.58. The van der Waals surface area contributed by atoms with Gasteiger partial charge in [-0.2, -0.15) is 5.26 Å². The topological polar surface area (TPSA) is 73.6 Å². The molecular weight excluding hydrogens is 232 g/mol. The third kappa shape index (κ3) is 3.14. The molecule has 0 aliphatic carbocycles. The van der Waals surface area contributed by atoms with Gasteiger partial charge in [-0.3, -0.25) is 4.79 Å². The first-order valence-corrected chi connectivity index (χ1v) is 5.46. The van der Waals surface area contributed by atoms with Gasteiger partial charge >= 0.3 is 0 Å². The van der Waals surface area contributed by atoms with Crippen LogP contribution >= 0.6 is 0 Å². The molecule has 1 atom stereocenters. The summed E-state index contributed by atoms with van der Waals surface area (Å²) in [5.41, 5.74) is 0.770. The number of hydrogen-bond acceptors (Lipinski definition) is 4. The standard InChI is InChI=1S/C13H16N2O3/c1-15(2)13(17)10(8-14)6-9-4-5-11(16)12(7-9)18-3/h4-5,7,10,16H,6H2,1-3H3. The van der Waals surface area contributed by atoms with Crippen molar-refractivity contribution in [1.29, 1.82) is 5.26 Å². The van der Waals surface area contributed by atoms with E-state index in [4.69, 9.17) is 10.00 Å². The quantitative estimate of drug-likeness (QED) is 0.868. The van der Waals surface area contributed by atoms with Crippen molar-refractivity contribution >= 4 is 5.91 Å². The van der Waals surface area contributed by atoms with Crippen LogP contribution in [-0.4, -0.2) is 37.1 Å². The highest BCUT2D eigenvalue weighted by Gasteiger charge is 2.20. The normalized spacial score (nSPS) is 11.4. The van der Waals surface area contributed by atoms with Crippen molar-refractivity contribution in [2.24, 2.45) is 5.92 Å². The molecule has 0 fully saturated rings. The molecule has 1 N–H and O–H groups in total. The van der Waals surface area contributed by atoms with E-state index in [-0.39, 0.29) is 11.7 Å². The van der Waals surface area contributed by atoms with Gasteiger partial charge in [0.1, 0.15) is 5.92 Å². The Balaban J connectivity index is 2.90. The van der Waals surface area contributed by atoms with Crippen molar-refractivity contribution in [2.75, 3.05) is 21.2 Å². The molecule has 0 saturated heterocycles. The lowest BCUT2D eigenvalue weighted by Crippen LogP contribution is -2.30. The molecule has 0 radical (unpaired) electrons. The molecule has 96 valence electrons. The minimum absolute atomic E-state index is 0.0358. The molecule has 0 aliphatic heterocycles. The Bertz CT molecular complexity index is 478. The Labute approximate surface area is 106 Å². The Kier molecular flexibility index (Phi) is 4.55. The number of carbonyl (C=O) groups is 1. The van der Waals surface area contributed by atoms with E-state index in [1.165, 1.54) is 18.1 Å². The van der Waals surface area contributed by atoms with Gasteiger partial charge in [0.2, 0.25) is 5.91 Å². The molecule has 0 spiro atoms. The largest absolute Gasteiger partial charge is 0.504 e. The summed E-state index contributed by atoms with van der Waals surface area (Å²) in [4.78, 5) is 13.1. The predicted octanol–water partition coefficient (Wildman–Crippen LogP) is 1.17. The summed E-state index contributed by atoms with van der Waals surface area (Å²) in [6.45, 7) is 0. The summed E-state index contributed by atoms with van der Waals surface area (Å²) >= 11 is 0. The van der Waals surface area contributed by atoms with E-state index >= 15 is 0 Å². The number of nitriles is 1. The highest BCUT2D eigenvalue weighted by Crippen LogP contribution is 2.27. The second-order valence-electron chi connectivity index (χ2n) is 4.12. The number of nitrogens with zero attached hydrogens (tertiary/aromatic N) is 2. The maximum absolute atomic E-state index is 11.7. The lowest BCUT2D eigenvalue weighted by atomic mass is 9.99. The van der Waals surface area contributed by atoms with E-state index < -0.39 is 5.92 Å². The van der Waals surface area contributed by atoms with Crippen LogP contribution in [0, 0.1) is 17.2 Å². The molecule has 18 heavy (non-hydrogen) atoms. The lowest BCUT2D eigenvalue weighted by Gasteiger charge is -2.15. The van der Waals surface area contributed by atoms with Gasteiger partial charge in [0.05, 0.1) is 13.2 Å². The van der Waals surface area contributed by atoms with Gasteiger partial charge in [0.25, 0.3) is 0 Å². The molecule has 0 heterocycles. The van der Waals surface area contributed by atoms with Crippen molar-refractivity contribution in [3.05, 3.63) is 23.8 Å². The monoisotopic (exact) mass is 248 g/mol. The van der Waals surface area contributed by atoms with Gasteiger partial charge in [-0.15, -0.1) is 0 Å². The zero-order chi connectivity index (χ0) is 13.7. The lowest BCUT2D eigenvalue weighted by molar-refractivity contribution is -0.131. The number of benzene rings is 1. The number of hydrogen-bond donors (Lipinski definition) is 1. The molecule has 0 aliphatic rings. The number of carbonyl (C=O) groups excluding carboxylic acids is 1. The maximum atomic E-state index is 11.7. The van der Waals surface area contributed by atoms with Gasteiger partial charge in [-0.05, 0) is 24.1 Å². The zero-order valence-electron chi connectivity index (χ0n) is 10.7. The fourth-order valence-electron chi connectivity index (χ4n) is 1.58. The number of rotatable bonds is 4. The predicted molar refractivity (Wildman–Crippen MR) is 66.2 cm³/mol. The highest BCUT2D eigenvalue weighted by molar-refractivity contribution is 5.81. The van der Waals surface area contributed by atoms with Crippen LogP contribution in [0.2, 0.25) is 0 Å². The minimum atomic E-state index is -0.728. The van der Waals surface area contributed by atoms with Gasteiger partial charge in [0.15, 0.2) is 11.5 Å². The number of methoxy groups -OCH3 is 1. The molecule has 5 nitrogen and oxygen atoms in total. The Morgan fingerprint density at radius 1 is 1.56 bits per heavy atom. The second kappa shape index (κ2) is 5.92. The van der Waals surface area contributed by atoms with Crippen LogP contribution in [-0.2, 0) is 11.2 Å². The average molecular weight is 248 g/mol. The fraction of sp³-hybridized carbons (Fsp3) is 0.385. The molecule has 1 amide bonds. The van der Waals surface area contributed by atoms with Crippen LogP contribution in [0.3, 0.4) is 0 Å². The minimum Gasteiger partial charge on any atom is -0.504 e. The third-order valence-electron chi connectivity index (χ3n) is 2.58. The Morgan fingerprint density at radius 3 is 2.72 bits per heavy atom. The molecule has 0 saturated carbocycles. The second-order valence-corrected chi connectivity index (χ2v) is 4.12. The summed E-state index contributed by atoms with van der Waals surface area (Å²) in [6, 6.07) is 6.78. The van der Waals surface area contributed by atoms with Crippen LogP contribution in [0.25, 0.3) is 0 Å². The SMILES string of the molecule is COc1cc(CC(C#N)C(=O)N(C)C)ccc1O. The average Bonchev–Trinajstić information content (AvgIpc) is 2.36. The summed E-state index contributed by atoms with van der Waals surface area (Å²) < 4.78 is 4.98. The molecule has 0 bridgehead atoms. The van der Waals surface area contributed by atoms with E-state index in [1.807, 2.05) is 6.07 Å². The molecule has 1 aromatic rings. The first kappa shape index (κ1) is 13.8. The van der Waals surface area contributed by atoms with Gasteiger partial charge in [-0.1, -0.05) is 6.07 Å². The van der Waals surface area contributed by atoms with Gasteiger partial charge in [-0.25, -0.2) is 0 Å². The van der Waals surface area contributed by atoms with E-state index in [9.17, 15) is 9.90 Å². The maximum Gasteiger partial charge on any atom is 0.239 e. The smallest absolute Gasteiger partial charge is 0.239 e. The van der Waals surface area contributed by atoms with Crippen LogP contribution in [0.4, 0.5) is 0 Å². The highest BCUT2D eigenvalue weighted by atomic mass is 16.5. The van der Waals surface area contributed by atoms with E-state index in [2.05, 4.69) is 0 Å².